The van der Waals surface area contributed by atoms with Gasteiger partial charge >= 0.3 is 22.2 Å². The third-order valence-corrected chi connectivity index (χ3v) is 8.05. The van der Waals surface area contributed by atoms with Crippen molar-refractivity contribution in [2.24, 2.45) is 0 Å². The van der Waals surface area contributed by atoms with E-state index in [0.29, 0.717) is 0 Å². The van der Waals surface area contributed by atoms with Crippen LogP contribution in [0.1, 0.15) is 27.7 Å². The Hall–Kier alpha value is -2.71. The van der Waals surface area contributed by atoms with E-state index in [1.807, 2.05) is 0 Å². The topological polar surface area (TPSA) is 155 Å². The second-order valence-corrected chi connectivity index (χ2v) is 12.3. The Kier molecular flexibility index (Phi) is 7.17. The molecule has 0 atom stereocenters. The number of hydrogen-bond acceptors (Lipinski definition) is 8. The number of piperazine rings is 1. The summed E-state index contributed by atoms with van der Waals surface area (Å²) in [7, 11) is -9.13. The van der Waals surface area contributed by atoms with Crippen LogP contribution in [0.3, 0.4) is 0 Å². The Morgan fingerprint density at radius 2 is 1.52 bits per heavy atom. The van der Waals surface area contributed by atoms with Gasteiger partial charge in [0.1, 0.15) is 23.6 Å². The maximum absolute atomic E-state index is 13.8. The largest absolute Gasteiger partial charge is 0.540 e. The first-order valence-electron chi connectivity index (χ1n) is 9.87. The minimum Gasteiger partial charge on any atom is -0.440 e. The lowest BCUT2D eigenvalue weighted by molar-refractivity contribution is -0.943. The molecule has 0 radical (unpaired) electrons. The second-order valence-electron chi connectivity index (χ2n) is 8.61. The van der Waals surface area contributed by atoms with Crippen LogP contribution in [0.15, 0.2) is 34.1 Å². The molecule has 1 aromatic carbocycles. The van der Waals surface area contributed by atoms with Crippen LogP contribution in [0.25, 0.3) is 0 Å². The molecule has 184 valence electrons. The summed E-state index contributed by atoms with van der Waals surface area (Å²) in [6, 6.07) is 4.59. The highest BCUT2D eigenvalue weighted by atomic mass is 32.2. The van der Waals surface area contributed by atoms with Crippen molar-refractivity contribution in [2.45, 2.75) is 43.1 Å². The molecule has 0 bridgehead atoms. The lowest BCUT2D eigenvalue weighted by Gasteiger charge is -2.43. The molecule has 2 rings (SSSR count). The summed E-state index contributed by atoms with van der Waals surface area (Å²) in [5.41, 5.74) is -1.19. The molecule has 12 nitrogen and oxygen atoms in total. The molecular weight excluding hydrogens is 478 g/mol. The predicted molar refractivity (Wildman–Crippen MR) is 115 cm³/mol. The second kappa shape index (κ2) is 8.91. The Bertz CT molecular complexity index is 1160. The Morgan fingerprint density at radius 3 is 1.91 bits per heavy atom. The Balaban J connectivity index is 2.78. The van der Waals surface area contributed by atoms with Crippen LogP contribution >= 0.6 is 0 Å². The Morgan fingerprint density at radius 1 is 1.03 bits per heavy atom. The van der Waals surface area contributed by atoms with Gasteiger partial charge in [0.05, 0.1) is 18.0 Å². The molecule has 1 aromatic rings. The van der Waals surface area contributed by atoms with Crippen LogP contribution in [0, 0.1) is 0 Å². The van der Waals surface area contributed by atoms with Crippen LogP contribution in [-0.2, 0) is 29.4 Å². The molecule has 1 aliphatic rings. The first-order chi connectivity index (χ1) is 14.9. The number of sulfone groups is 1. The molecule has 0 spiro atoms. The van der Waals surface area contributed by atoms with Crippen molar-refractivity contribution in [2.75, 3.05) is 32.4 Å². The van der Waals surface area contributed by atoms with Crippen LogP contribution in [0.4, 0.5) is 9.59 Å². The maximum atomic E-state index is 13.8. The minimum absolute atomic E-state index is 0.0715. The highest BCUT2D eigenvalue weighted by molar-refractivity contribution is 7.93. The van der Waals surface area contributed by atoms with Gasteiger partial charge < -0.3 is 14.7 Å². The van der Waals surface area contributed by atoms with Crippen molar-refractivity contribution in [3.05, 3.63) is 24.3 Å². The molecule has 1 heterocycles. The summed E-state index contributed by atoms with van der Waals surface area (Å²) >= 11 is 0. The fourth-order valence-corrected chi connectivity index (χ4v) is 6.55. The van der Waals surface area contributed by atoms with E-state index in [1.54, 1.807) is 0 Å². The van der Waals surface area contributed by atoms with Crippen molar-refractivity contribution in [3.8, 4) is 0 Å². The van der Waals surface area contributed by atoms with E-state index in [0.717, 1.165) is 18.4 Å². The van der Waals surface area contributed by atoms with Crippen molar-refractivity contribution >= 4 is 38.0 Å². The molecule has 0 unspecified atom stereocenters. The van der Waals surface area contributed by atoms with Gasteiger partial charge in [0, 0.05) is 13.2 Å². The number of carboxylic acid groups (broad SMARTS) is 1. The van der Waals surface area contributed by atoms with Crippen LogP contribution in [-0.4, -0.2) is 92.0 Å². The summed E-state index contributed by atoms with van der Waals surface area (Å²) < 4.78 is 55.9. The average Bonchev–Trinajstić information content (AvgIpc) is 2.66. The van der Waals surface area contributed by atoms with Gasteiger partial charge in [-0.3, -0.25) is 4.79 Å². The highest BCUT2D eigenvalue weighted by Crippen LogP contribution is 2.32. The highest BCUT2D eigenvalue weighted by Gasteiger charge is 2.57. The minimum atomic E-state index is -5.06. The molecule has 0 aromatic heterocycles. The average molecular weight is 507 g/mol. The zero-order chi connectivity index (χ0) is 25.4. The van der Waals surface area contributed by atoms with E-state index in [1.165, 1.54) is 44.7 Å². The zero-order valence-electron chi connectivity index (χ0n) is 19.0. The fourth-order valence-electron chi connectivity index (χ4n) is 3.39. The summed E-state index contributed by atoms with van der Waals surface area (Å²) in [5, 5.41) is 10.1. The number of ether oxygens (including phenoxy) is 1. The fraction of sp³-hybridized carbons (Fsp3) is 0.526. The zero-order valence-corrected chi connectivity index (χ0v) is 20.6. The van der Waals surface area contributed by atoms with E-state index < -0.39 is 65.1 Å². The monoisotopic (exact) mass is 506 g/mol. The van der Waals surface area contributed by atoms with Gasteiger partial charge in [0.25, 0.3) is 0 Å². The SMILES string of the molecule is CC(=O)N1CC[N+](C(=O)O)(N(C(=O)OC(C)(C)C)S(=O)(=O)c2ccccc2S(C)(=O)=O)CC1. The normalized spacial score (nSPS) is 16.7. The van der Waals surface area contributed by atoms with Crippen LogP contribution in [0.2, 0.25) is 0 Å². The van der Waals surface area contributed by atoms with Gasteiger partial charge in [-0.15, -0.1) is 0 Å². The smallest absolute Gasteiger partial charge is 0.440 e. The van der Waals surface area contributed by atoms with Crippen molar-refractivity contribution in [3.63, 3.8) is 0 Å². The molecule has 1 fully saturated rings. The third-order valence-electron chi connectivity index (χ3n) is 4.93. The summed E-state index contributed by atoms with van der Waals surface area (Å²) in [6.45, 7) is 4.47. The van der Waals surface area contributed by atoms with Crippen molar-refractivity contribution in [1.82, 2.24) is 9.31 Å². The molecule has 14 heteroatoms. The molecule has 1 aliphatic heterocycles. The van der Waals surface area contributed by atoms with Crippen LogP contribution < -0.4 is 0 Å². The number of quaternary nitrogens is 1. The lowest BCUT2D eigenvalue weighted by Crippen LogP contribution is -2.72. The van der Waals surface area contributed by atoms with E-state index in [4.69, 9.17) is 4.74 Å². The molecule has 3 amide bonds. The van der Waals surface area contributed by atoms with Gasteiger partial charge in [-0.25, -0.2) is 13.2 Å². The van der Waals surface area contributed by atoms with Gasteiger partial charge in [-0.2, -0.15) is 13.2 Å². The first-order valence-corrected chi connectivity index (χ1v) is 13.2. The number of sulfonamides is 1. The number of rotatable bonds is 3. The molecular formula is C19H28N3O9S2+. The van der Waals surface area contributed by atoms with Crippen LogP contribution in [0.5, 0.6) is 0 Å². The van der Waals surface area contributed by atoms with Gasteiger partial charge in [0.15, 0.2) is 9.84 Å². The third kappa shape index (κ3) is 5.45. The standard InChI is InChI=1S/C19H27N3O9S2/c1-14(23)20-10-12-22(13-11-20,18(25)26)21(17(24)31-19(2,3)4)33(29,30)16-9-7-6-8-15(16)32(5,27)28/h6-9H,10-13H2,1-5H3/p+1. The first kappa shape index (κ1) is 26.5. The number of hydrogen-bond donors (Lipinski definition) is 1. The maximum Gasteiger partial charge on any atom is 0.540 e. The number of carbonyl (C=O) groups is 3. The number of benzene rings is 1. The van der Waals surface area contributed by atoms with E-state index >= 15 is 0 Å². The molecule has 0 aliphatic carbocycles. The van der Waals surface area contributed by atoms with Crippen molar-refractivity contribution < 1.29 is 45.7 Å². The number of nitrogens with zero attached hydrogens (tertiary/aromatic N) is 3. The summed E-state index contributed by atoms with van der Waals surface area (Å²) in [5.74, 6) is -0.340. The number of amides is 3. The lowest BCUT2D eigenvalue weighted by atomic mass is 10.2. The van der Waals surface area contributed by atoms with Gasteiger partial charge in [-0.1, -0.05) is 16.7 Å². The summed E-state index contributed by atoms with van der Waals surface area (Å²) in [4.78, 5) is 37.3. The van der Waals surface area contributed by atoms with E-state index in [2.05, 4.69) is 0 Å². The van der Waals surface area contributed by atoms with E-state index in [9.17, 15) is 36.3 Å². The van der Waals surface area contributed by atoms with Crippen molar-refractivity contribution in [1.29, 1.82) is 0 Å². The summed E-state index contributed by atoms with van der Waals surface area (Å²) in [6.07, 6.45) is -2.36. The molecule has 1 saturated heterocycles. The van der Waals surface area contributed by atoms with E-state index in [-0.39, 0.29) is 23.4 Å². The molecule has 33 heavy (non-hydrogen) atoms. The van der Waals surface area contributed by atoms with Gasteiger partial charge in [-0.05, 0) is 37.3 Å². The quantitative estimate of drug-likeness (QED) is 0.597. The Labute approximate surface area is 192 Å². The predicted octanol–water partition coefficient (Wildman–Crippen LogP) is 1.29. The van der Waals surface area contributed by atoms with Gasteiger partial charge in [0.2, 0.25) is 5.91 Å². The molecule has 0 saturated carbocycles. The number of carbonyl (C=O) groups excluding carboxylic acids is 2. The molecule has 1 N–H and O–H groups in total.